The van der Waals surface area contributed by atoms with Crippen molar-refractivity contribution >= 4 is 17.2 Å². The van der Waals surface area contributed by atoms with E-state index in [-0.39, 0.29) is 11.9 Å². The Balaban J connectivity index is 1.70. The van der Waals surface area contributed by atoms with E-state index in [4.69, 9.17) is 5.73 Å². The molecule has 136 valence electrons. The van der Waals surface area contributed by atoms with Gasteiger partial charge < -0.3 is 11.1 Å². The molecule has 26 heavy (non-hydrogen) atoms. The maximum absolute atomic E-state index is 12.4. The van der Waals surface area contributed by atoms with Crippen LogP contribution in [0.3, 0.4) is 0 Å². The van der Waals surface area contributed by atoms with Gasteiger partial charge in [-0.15, -0.1) is 11.3 Å². The number of carbonyl (C=O) groups excluding carboxylic acids is 1. The molecule has 0 saturated carbocycles. The summed E-state index contributed by atoms with van der Waals surface area (Å²) in [4.78, 5) is 16.9. The lowest BCUT2D eigenvalue weighted by Gasteiger charge is -2.15. The van der Waals surface area contributed by atoms with E-state index in [1.807, 2.05) is 36.5 Å². The molecule has 7 heteroatoms. The molecule has 2 aromatic heterocycles. The second-order valence-electron chi connectivity index (χ2n) is 6.10. The molecule has 3 N–H and O–H groups in total. The van der Waals surface area contributed by atoms with Crippen LogP contribution in [0, 0.1) is 0 Å². The van der Waals surface area contributed by atoms with Crippen molar-refractivity contribution in [1.82, 2.24) is 20.1 Å². The quantitative estimate of drug-likeness (QED) is 0.638. The molecule has 0 fully saturated rings. The standard InChI is InChI=1S/C19H23N5OS/c1-2-3-7-15(10-20)22-18(25)17-13-26-19(23-17)14-11-21-24(12-14)16-8-5-4-6-9-16/h4-6,8-9,11-13,15H,2-3,7,10,20H2,1H3,(H,22,25). The van der Waals surface area contributed by atoms with Crippen molar-refractivity contribution in [2.75, 3.05) is 6.54 Å². The van der Waals surface area contributed by atoms with E-state index >= 15 is 0 Å². The summed E-state index contributed by atoms with van der Waals surface area (Å²) in [5.41, 5.74) is 8.04. The molecule has 1 unspecified atom stereocenters. The van der Waals surface area contributed by atoms with Gasteiger partial charge in [-0.3, -0.25) is 4.79 Å². The summed E-state index contributed by atoms with van der Waals surface area (Å²) in [7, 11) is 0. The Labute approximate surface area is 157 Å². The third kappa shape index (κ3) is 4.36. The van der Waals surface area contributed by atoms with Gasteiger partial charge in [0.2, 0.25) is 0 Å². The van der Waals surface area contributed by atoms with Crippen LogP contribution in [-0.2, 0) is 0 Å². The number of hydrogen-bond donors (Lipinski definition) is 2. The van der Waals surface area contributed by atoms with Gasteiger partial charge in [0.05, 0.1) is 11.9 Å². The minimum absolute atomic E-state index is 0.00608. The second-order valence-corrected chi connectivity index (χ2v) is 6.95. The average Bonchev–Trinajstić information content (AvgIpc) is 3.35. The molecule has 0 aliphatic rings. The van der Waals surface area contributed by atoms with Gasteiger partial charge in [0, 0.05) is 29.7 Å². The number of nitrogens with one attached hydrogen (secondary N) is 1. The summed E-state index contributed by atoms with van der Waals surface area (Å²) in [6.07, 6.45) is 6.69. The van der Waals surface area contributed by atoms with Gasteiger partial charge in [0.25, 0.3) is 5.91 Å². The predicted molar refractivity (Wildman–Crippen MR) is 105 cm³/mol. The highest BCUT2D eigenvalue weighted by Gasteiger charge is 2.16. The average molecular weight is 369 g/mol. The molecular weight excluding hydrogens is 346 g/mol. The maximum atomic E-state index is 12.4. The first-order chi connectivity index (χ1) is 12.7. The number of rotatable bonds is 8. The molecule has 0 aliphatic heterocycles. The molecule has 0 saturated heterocycles. The monoisotopic (exact) mass is 369 g/mol. The van der Waals surface area contributed by atoms with Crippen molar-refractivity contribution in [3.05, 3.63) is 53.8 Å². The number of carbonyl (C=O) groups is 1. The fourth-order valence-electron chi connectivity index (χ4n) is 2.62. The molecule has 0 spiro atoms. The van der Waals surface area contributed by atoms with E-state index in [1.54, 1.807) is 16.3 Å². The first kappa shape index (κ1) is 18.3. The predicted octanol–water partition coefficient (Wildman–Crippen LogP) is 3.24. The number of thiazole rings is 1. The number of unbranched alkanes of at least 4 members (excludes halogenated alkanes) is 1. The fraction of sp³-hybridized carbons (Fsp3) is 0.316. The minimum Gasteiger partial charge on any atom is -0.347 e. The molecule has 3 rings (SSSR count). The first-order valence-corrected chi connectivity index (χ1v) is 9.66. The molecule has 1 aromatic carbocycles. The molecule has 6 nitrogen and oxygen atoms in total. The number of hydrogen-bond acceptors (Lipinski definition) is 5. The summed E-state index contributed by atoms with van der Waals surface area (Å²) in [5.74, 6) is -0.172. The van der Waals surface area contributed by atoms with Crippen LogP contribution in [0.5, 0.6) is 0 Å². The van der Waals surface area contributed by atoms with Crippen LogP contribution in [0.15, 0.2) is 48.1 Å². The summed E-state index contributed by atoms with van der Waals surface area (Å²) >= 11 is 1.44. The normalized spacial score (nSPS) is 12.1. The van der Waals surface area contributed by atoms with Crippen LogP contribution in [0.1, 0.15) is 36.7 Å². The van der Waals surface area contributed by atoms with E-state index in [2.05, 4.69) is 22.3 Å². The summed E-state index contributed by atoms with van der Waals surface area (Å²) in [5, 5.41) is 9.90. The van der Waals surface area contributed by atoms with Crippen molar-refractivity contribution < 1.29 is 4.79 Å². The maximum Gasteiger partial charge on any atom is 0.271 e. The zero-order chi connectivity index (χ0) is 18.4. The number of amides is 1. The smallest absolute Gasteiger partial charge is 0.271 e. The van der Waals surface area contributed by atoms with E-state index in [1.165, 1.54) is 11.3 Å². The van der Waals surface area contributed by atoms with Crippen molar-refractivity contribution in [3.63, 3.8) is 0 Å². The third-order valence-electron chi connectivity index (χ3n) is 4.11. The largest absolute Gasteiger partial charge is 0.347 e. The Morgan fingerprint density at radius 2 is 2.15 bits per heavy atom. The number of nitrogens with zero attached hydrogens (tertiary/aromatic N) is 3. The lowest BCUT2D eigenvalue weighted by atomic mass is 10.1. The molecule has 0 bridgehead atoms. The van der Waals surface area contributed by atoms with Crippen molar-refractivity contribution in [2.24, 2.45) is 5.73 Å². The molecule has 0 radical (unpaired) electrons. The molecule has 0 aliphatic carbocycles. The van der Waals surface area contributed by atoms with Crippen LogP contribution in [0.25, 0.3) is 16.3 Å². The molecular formula is C19H23N5OS. The third-order valence-corrected chi connectivity index (χ3v) is 5.00. The molecule has 1 atom stereocenters. The molecule has 3 aromatic rings. The minimum atomic E-state index is -0.172. The molecule has 1 amide bonds. The van der Waals surface area contributed by atoms with Crippen molar-refractivity contribution in [2.45, 2.75) is 32.2 Å². The highest BCUT2D eigenvalue weighted by molar-refractivity contribution is 7.13. The molecule has 2 heterocycles. The summed E-state index contributed by atoms with van der Waals surface area (Å²) < 4.78 is 1.80. The zero-order valence-electron chi connectivity index (χ0n) is 14.8. The fourth-order valence-corrected chi connectivity index (χ4v) is 3.40. The highest BCUT2D eigenvalue weighted by Crippen LogP contribution is 2.24. The van der Waals surface area contributed by atoms with Gasteiger partial charge in [-0.2, -0.15) is 5.10 Å². The Bertz CT molecular complexity index is 843. The Morgan fingerprint density at radius 3 is 2.88 bits per heavy atom. The van der Waals surface area contributed by atoms with E-state index in [0.717, 1.165) is 35.5 Å². The SMILES string of the molecule is CCCCC(CN)NC(=O)c1csc(-c2cnn(-c3ccccc3)c2)n1. The van der Waals surface area contributed by atoms with Crippen molar-refractivity contribution in [3.8, 4) is 16.3 Å². The van der Waals surface area contributed by atoms with Gasteiger partial charge >= 0.3 is 0 Å². The lowest BCUT2D eigenvalue weighted by Crippen LogP contribution is -2.40. The Kier molecular flexibility index (Phi) is 6.14. The Hall–Kier alpha value is -2.51. The van der Waals surface area contributed by atoms with Crippen molar-refractivity contribution in [1.29, 1.82) is 0 Å². The van der Waals surface area contributed by atoms with E-state index in [9.17, 15) is 4.79 Å². The van der Waals surface area contributed by atoms with Gasteiger partial charge in [-0.1, -0.05) is 38.0 Å². The van der Waals surface area contributed by atoms with Crippen LogP contribution in [-0.4, -0.2) is 33.3 Å². The first-order valence-electron chi connectivity index (χ1n) is 8.78. The van der Waals surface area contributed by atoms with Gasteiger partial charge in [0.15, 0.2) is 0 Å². The number of benzene rings is 1. The zero-order valence-corrected chi connectivity index (χ0v) is 15.6. The number of para-hydroxylation sites is 1. The second kappa shape index (κ2) is 8.73. The van der Waals surface area contributed by atoms with Gasteiger partial charge in [0.1, 0.15) is 10.7 Å². The number of nitrogens with two attached hydrogens (primary N) is 1. The highest BCUT2D eigenvalue weighted by atomic mass is 32.1. The number of aromatic nitrogens is 3. The van der Waals surface area contributed by atoms with Crippen LogP contribution >= 0.6 is 11.3 Å². The van der Waals surface area contributed by atoms with Crippen LogP contribution in [0.2, 0.25) is 0 Å². The van der Waals surface area contributed by atoms with E-state index in [0.29, 0.717) is 12.2 Å². The van der Waals surface area contributed by atoms with Crippen LogP contribution in [0.4, 0.5) is 0 Å². The van der Waals surface area contributed by atoms with Crippen LogP contribution < -0.4 is 11.1 Å². The summed E-state index contributed by atoms with van der Waals surface area (Å²) in [6.45, 7) is 2.56. The van der Waals surface area contributed by atoms with E-state index < -0.39 is 0 Å². The summed E-state index contributed by atoms with van der Waals surface area (Å²) in [6, 6.07) is 9.87. The lowest BCUT2D eigenvalue weighted by molar-refractivity contribution is 0.0931. The Morgan fingerprint density at radius 1 is 1.35 bits per heavy atom. The van der Waals surface area contributed by atoms with Gasteiger partial charge in [-0.25, -0.2) is 9.67 Å². The van der Waals surface area contributed by atoms with Gasteiger partial charge in [-0.05, 0) is 18.6 Å². The topological polar surface area (TPSA) is 85.8 Å².